The molecule has 0 atom stereocenters. The Bertz CT molecular complexity index is 809. The minimum absolute atomic E-state index is 0.0105. The summed E-state index contributed by atoms with van der Waals surface area (Å²) in [5, 5.41) is 13.6. The molecular weight excluding hydrogens is 363 g/mol. The van der Waals surface area contributed by atoms with Crippen molar-refractivity contribution in [2.24, 2.45) is 5.10 Å². The van der Waals surface area contributed by atoms with Gasteiger partial charge in [-0.15, -0.1) is 0 Å². The number of carbonyl (C=O) groups excluding carboxylic acids is 1. The maximum absolute atomic E-state index is 12.1. The minimum atomic E-state index is -0.657. The second-order valence-electron chi connectivity index (χ2n) is 4.51. The number of para-hydroxylation sites is 1. The molecular formula is C14H12Cl3N4O2+. The number of aromatic hydroxyl groups is 1. The molecule has 0 spiro atoms. The lowest BCUT2D eigenvalue weighted by Gasteiger charge is -2.05. The highest BCUT2D eigenvalue weighted by atomic mass is 35.5. The number of phenolic OH excluding ortho intramolecular Hbond substituents is 1. The number of hydrogen-bond donors (Lipinski definition) is 3. The number of nitrogens with one attached hydrogen (secondary N) is 2. The van der Waals surface area contributed by atoms with Gasteiger partial charge < -0.3 is 10.8 Å². The zero-order valence-corrected chi connectivity index (χ0v) is 14.1. The highest BCUT2D eigenvalue weighted by molar-refractivity contribution is 6.45. The van der Waals surface area contributed by atoms with E-state index in [1.165, 1.54) is 6.07 Å². The van der Waals surface area contributed by atoms with Crippen LogP contribution in [0.3, 0.4) is 0 Å². The van der Waals surface area contributed by atoms with Gasteiger partial charge in [0.25, 0.3) is 10.8 Å². The van der Waals surface area contributed by atoms with Crippen LogP contribution in [0.4, 0.5) is 5.69 Å². The van der Waals surface area contributed by atoms with Gasteiger partial charge in [-0.25, -0.2) is 5.43 Å². The Morgan fingerprint density at radius 3 is 2.57 bits per heavy atom. The average Bonchev–Trinajstić information content (AvgIpc) is 2.54. The third kappa shape index (κ3) is 3.67. The van der Waals surface area contributed by atoms with Crippen molar-refractivity contribution in [3.05, 3.63) is 50.7 Å². The van der Waals surface area contributed by atoms with Crippen LogP contribution in [-0.4, -0.2) is 16.7 Å². The van der Waals surface area contributed by atoms with Gasteiger partial charge in [-0.3, -0.25) is 4.79 Å². The standard InChI is InChI=1S/C14H11Cl3N4O2/c1-6(7-4-2-3-5-8(7)22)20-21-14(23)12-9(15)11(18)10(16)13(17)19-12/h2-5,22H,1H3,(H2,18,19)(H,21,23)/p+1/b20-6+. The van der Waals surface area contributed by atoms with Gasteiger partial charge in [0, 0.05) is 5.56 Å². The van der Waals surface area contributed by atoms with Gasteiger partial charge in [0.2, 0.25) is 0 Å². The molecule has 0 saturated heterocycles. The summed E-state index contributed by atoms with van der Waals surface area (Å²) in [7, 11) is 0. The number of nitrogens with two attached hydrogens (primary N) is 1. The molecule has 120 valence electrons. The first kappa shape index (κ1) is 17.3. The van der Waals surface area contributed by atoms with E-state index in [0.717, 1.165) is 0 Å². The zero-order valence-electron chi connectivity index (χ0n) is 11.8. The van der Waals surface area contributed by atoms with Crippen LogP contribution in [0.15, 0.2) is 29.4 Å². The van der Waals surface area contributed by atoms with Crippen molar-refractivity contribution >= 4 is 52.1 Å². The smallest absolute Gasteiger partial charge is 0.337 e. The fourth-order valence-electron chi connectivity index (χ4n) is 1.76. The summed E-state index contributed by atoms with van der Waals surface area (Å²) in [4.78, 5) is 14.7. The van der Waals surface area contributed by atoms with Gasteiger partial charge in [0.1, 0.15) is 15.8 Å². The van der Waals surface area contributed by atoms with E-state index in [9.17, 15) is 9.90 Å². The lowest BCUT2D eigenvalue weighted by Crippen LogP contribution is -2.29. The molecule has 0 fully saturated rings. The molecule has 0 bridgehead atoms. The van der Waals surface area contributed by atoms with Crippen LogP contribution in [0.25, 0.3) is 0 Å². The van der Waals surface area contributed by atoms with Gasteiger partial charge in [-0.2, -0.15) is 10.1 Å². The number of hydrogen-bond acceptors (Lipinski definition) is 4. The van der Waals surface area contributed by atoms with Crippen molar-refractivity contribution in [2.45, 2.75) is 6.92 Å². The topological polar surface area (TPSA) is 102 Å². The first-order valence-electron chi connectivity index (χ1n) is 6.31. The quantitative estimate of drug-likeness (QED) is 0.437. The maximum Gasteiger partial charge on any atom is 0.337 e. The third-order valence-corrected chi connectivity index (χ3v) is 4.13. The Labute approximate surface area is 146 Å². The molecule has 0 aliphatic carbocycles. The number of pyridine rings is 1. The Morgan fingerprint density at radius 1 is 1.26 bits per heavy atom. The van der Waals surface area contributed by atoms with E-state index in [-0.39, 0.29) is 32.3 Å². The Hall–Kier alpha value is -2.02. The fourth-order valence-corrected chi connectivity index (χ4v) is 2.37. The second kappa shape index (κ2) is 7.04. The summed E-state index contributed by atoms with van der Waals surface area (Å²) in [5.41, 5.74) is 8.77. The monoisotopic (exact) mass is 373 g/mol. The van der Waals surface area contributed by atoms with E-state index in [0.29, 0.717) is 11.3 Å². The van der Waals surface area contributed by atoms with Crippen molar-refractivity contribution in [2.75, 3.05) is 5.73 Å². The molecule has 23 heavy (non-hydrogen) atoms. The van der Waals surface area contributed by atoms with Crippen LogP contribution in [-0.2, 0) is 0 Å². The predicted molar refractivity (Wildman–Crippen MR) is 90.2 cm³/mol. The number of amides is 1. The average molecular weight is 375 g/mol. The number of aromatic amines is 1. The molecule has 2 aromatic rings. The van der Waals surface area contributed by atoms with Crippen molar-refractivity contribution < 1.29 is 14.9 Å². The van der Waals surface area contributed by atoms with Crippen LogP contribution in [0.5, 0.6) is 5.75 Å². The van der Waals surface area contributed by atoms with Crippen LogP contribution in [0.2, 0.25) is 15.2 Å². The molecule has 1 heterocycles. The number of aromatic nitrogens is 1. The predicted octanol–water partition coefficient (Wildman–Crippen LogP) is 2.90. The van der Waals surface area contributed by atoms with Gasteiger partial charge >= 0.3 is 5.91 Å². The van der Waals surface area contributed by atoms with Crippen molar-refractivity contribution in [1.82, 2.24) is 5.43 Å². The molecule has 0 unspecified atom stereocenters. The molecule has 0 saturated carbocycles. The summed E-state index contributed by atoms with van der Waals surface area (Å²) in [5.74, 6) is -0.610. The Balaban J connectivity index is 2.27. The number of nitrogens with zero attached hydrogens (tertiary/aromatic N) is 1. The number of halogens is 3. The lowest BCUT2D eigenvalue weighted by molar-refractivity contribution is -0.379. The number of nitrogen functional groups attached to an aromatic ring is 1. The van der Waals surface area contributed by atoms with E-state index in [2.05, 4.69) is 15.5 Å². The number of rotatable bonds is 3. The first-order valence-corrected chi connectivity index (χ1v) is 7.44. The van der Waals surface area contributed by atoms with E-state index in [1.54, 1.807) is 25.1 Å². The number of anilines is 1. The van der Waals surface area contributed by atoms with Crippen LogP contribution in [0.1, 0.15) is 23.0 Å². The van der Waals surface area contributed by atoms with Crippen LogP contribution in [0, 0.1) is 0 Å². The second-order valence-corrected chi connectivity index (χ2v) is 5.64. The van der Waals surface area contributed by atoms with Crippen molar-refractivity contribution in [1.29, 1.82) is 0 Å². The molecule has 1 amide bonds. The van der Waals surface area contributed by atoms with E-state index >= 15 is 0 Å². The highest BCUT2D eigenvalue weighted by Crippen LogP contribution is 2.31. The minimum Gasteiger partial charge on any atom is -0.507 e. The van der Waals surface area contributed by atoms with E-state index in [4.69, 9.17) is 40.5 Å². The molecule has 6 nitrogen and oxygen atoms in total. The molecule has 2 rings (SSSR count). The van der Waals surface area contributed by atoms with Gasteiger partial charge in [0.15, 0.2) is 0 Å². The number of carbonyl (C=O) groups is 1. The van der Waals surface area contributed by atoms with Crippen molar-refractivity contribution in [3.63, 3.8) is 0 Å². The molecule has 9 heteroatoms. The highest BCUT2D eigenvalue weighted by Gasteiger charge is 2.26. The number of benzene rings is 1. The molecule has 1 aromatic heterocycles. The normalized spacial score (nSPS) is 11.4. The number of phenols is 1. The summed E-state index contributed by atoms with van der Waals surface area (Å²) in [6, 6.07) is 6.59. The molecule has 0 radical (unpaired) electrons. The molecule has 1 aromatic carbocycles. The van der Waals surface area contributed by atoms with Gasteiger partial charge in [0.05, 0.1) is 11.4 Å². The zero-order chi connectivity index (χ0) is 17.1. The summed E-state index contributed by atoms with van der Waals surface area (Å²) >= 11 is 17.6. The fraction of sp³-hybridized carbons (Fsp3) is 0.0714. The van der Waals surface area contributed by atoms with Crippen molar-refractivity contribution in [3.8, 4) is 5.75 Å². The molecule has 0 aliphatic rings. The first-order chi connectivity index (χ1) is 10.8. The molecule has 5 N–H and O–H groups in total. The number of hydrazone groups is 1. The summed E-state index contributed by atoms with van der Waals surface area (Å²) in [6.07, 6.45) is 0. The lowest BCUT2D eigenvalue weighted by atomic mass is 10.1. The van der Waals surface area contributed by atoms with Gasteiger partial charge in [-0.1, -0.05) is 35.3 Å². The van der Waals surface area contributed by atoms with Crippen LogP contribution >= 0.6 is 34.8 Å². The Morgan fingerprint density at radius 2 is 1.91 bits per heavy atom. The summed E-state index contributed by atoms with van der Waals surface area (Å²) < 4.78 is 0. The SMILES string of the molecule is C/C(=N\NC(=O)c1[nH+]c(Cl)c(Cl)c(N)c1Cl)c1ccccc1O. The Kier molecular flexibility index (Phi) is 5.30. The molecule has 0 aliphatic heterocycles. The number of H-pyrrole nitrogens is 1. The van der Waals surface area contributed by atoms with E-state index < -0.39 is 5.91 Å². The van der Waals surface area contributed by atoms with E-state index in [1.807, 2.05) is 0 Å². The largest absolute Gasteiger partial charge is 0.507 e. The van der Waals surface area contributed by atoms with Gasteiger partial charge in [-0.05, 0) is 30.7 Å². The summed E-state index contributed by atoms with van der Waals surface area (Å²) in [6.45, 7) is 1.63. The third-order valence-electron chi connectivity index (χ3n) is 2.97. The maximum atomic E-state index is 12.1. The van der Waals surface area contributed by atoms with Crippen LogP contribution < -0.4 is 16.1 Å².